The Morgan fingerprint density at radius 1 is 1.32 bits per heavy atom. The molecule has 6 heteroatoms. The first-order valence-corrected chi connectivity index (χ1v) is 8.95. The summed E-state index contributed by atoms with van der Waals surface area (Å²) < 4.78 is 0. The van der Waals surface area contributed by atoms with Crippen molar-refractivity contribution in [3.63, 3.8) is 0 Å². The van der Waals surface area contributed by atoms with Crippen LogP contribution in [0.15, 0.2) is 47.1 Å². The molecule has 1 aromatic carbocycles. The van der Waals surface area contributed by atoms with E-state index in [-0.39, 0.29) is 17.6 Å². The Balaban J connectivity index is 1.43. The minimum atomic E-state index is -0.354. The number of likely N-dealkylation sites (tertiary alicyclic amines) is 1. The van der Waals surface area contributed by atoms with Gasteiger partial charge in [0, 0.05) is 25.3 Å². The van der Waals surface area contributed by atoms with Crippen molar-refractivity contribution in [2.24, 2.45) is 4.99 Å². The largest absolute Gasteiger partial charge is 0.353 e. The average molecular weight is 339 g/mol. The number of nitrogens with one attached hydrogen (secondary N) is 3. The molecule has 1 aromatic rings. The van der Waals surface area contributed by atoms with Gasteiger partial charge in [0.15, 0.2) is 5.96 Å². The van der Waals surface area contributed by atoms with Crippen molar-refractivity contribution in [2.75, 3.05) is 6.54 Å². The Hall–Kier alpha value is -2.50. The van der Waals surface area contributed by atoms with E-state index in [0.29, 0.717) is 19.1 Å². The van der Waals surface area contributed by atoms with Crippen LogP contribution in [0.1, 0.15) is 32.3 Å². The number of fused-ring (bicyclic) bond motifs is 1. The van der Waals surface area contributed by atoms with Gasteiger partial charge in [-0.2, -0.15) is 0 Å². The SMILES string of the molecule is CC1(C)C2=CNC(NC3CC3)=NC2CN1C(=O)NCc1ccccc1. The minimum Gasteiger partial charge on any atom is -0.353 e. The van der Waals surface area contributed by atoms with E-state index < -0.39 is 0 Å². The Kier molecular flexibility index (Phi) is 3.90. The molecule has 2 heterocycles. The van der Waals surface area contributed by atoms with Crippen LogP contribution in [0.4, 0.5) is 4.79 Å². The molecule has 6 nitrogen and oxygen atoms in total. The van der Waals surface area contributed by atoms with Gasteiger partial charge in [0.05, 0.1) is 11.6 Å². The maximum atomic E-state index is 12.8. The van der Waals surface area contributed by atoms with Crippen LogP contribution in [0.3, 0.4) is 0 Å². The lowest BCUT2D eigenvalue weighted by atomic mass is 9.93. The Bertz CT molecular complexity index is 721. The van der Waals surface area contributed by atoms with E-state index in [0.717, 1.165) is 17.1 Å². The summed E-state index contributed by atoms with van der Waals surface area (Å²) in [5.41, 5.74) is 1.90. The molecule has 4 rings (SSSR count). The molecule has 0 bridgehead atoms. The number of hydrogen-bond acceptors (Lipinski definition) is 4. The van der Waals surface area contributed by atoms with Crippen molar-refractivity contribution in [1.29, 1.82) is 0 Å². The quantitative estimate of drug-likeness (QED) is 0.788. The highest BCUT2D eigenvalue weighted by Gasteiger charge is 2.47. The molecule has 1 atom stereocenters. The first kappa shape index (κ1) is 16.0. The smallest absolute Gasteiger partial charge is 0.318 e. The molecule has 2 fully saturated rings. The van der Waals surface area contributed by atoms with E-state index in [1.807, 2.05) is 41.4 Å². The van der Waals surface area contributed by atoms with Gasteiger partial charge in [-0.05, 0) is 37.8 Å². The van der Waals surface area contributed by atoms with Crippen LogP contribution in [0.2, 0.25) is 0 Å². The summed E-state index contributed by atoms with van der Waals surface area (Å²) in [4.78, 5) is 19.4. The van der Waals surface area contributed by atoms with E-state index in [4.69, 9.17) is 4.99 Å². The Labute approximate surface area is 148 Å². The van der Waals surface area contributed by atoms with Gasteiger partial charge in [0.2, 0.25) is 0 Å². The third-order valence-electron chi connectivity index (χ3n) is 5.19. The monoisotopic (exact) mass is 339 g/mol. The molecule has 0 radical (unpaired) electrons. The summed E-state index contributed by atoms with van der Waals surface area (Å²) in [5, 5.41) is 9.69. The van der Waals surface area contributed by atoms with E-state index in [1.165, 1.54) is 12.8 Å². The highest BCUT2D eigenvalue weighted by molar-refractivity contribution is 5.84. The van der Waals surface area contributed by atoms with E-state index >= 15 is 0 Å². The molecule has 3 N–H and O–H groups in total. The van der Waals surface area contributed by atoms with Crippen LogP contribution < -0.4 is 16.0 Å². The molecule has 25 heavy (non-hydrogen) atoms. The topological polar surface area (TPSA) is 68.8 Å². The van der Waals surface area contributed by atoms with E-state index in [2.05, 4.69) is 29.8 Å². The number of carbonyl (C=O) groups is 1. The number of benzene rings is 1. The van der Waals surface area contributed by atoms with Crippen molar-refractivity contribution in [3.05, 3.63) is 47.7 Å². The van der Waals surface area contributed by atoms with Crippen LogP contribution in [-0.2, 0) is 6.54 Å². The zero-order valence-electron chi connectivity index (χ0n) is 14.7. The van der Waals surface area contributed by atoms with Gasteiger partial charge in [-0.1, -0.05) is 30.3 Å². The van der Waals surface area contributed by atoms with E-state index in [1.54, 1.807) is 0 Å². The Morgan fingerprint density at radius 3 is 2.80 bits per heavy atom. The lowest BCUT2D eigenvalue weighted by Gasteiger charge is -2.32. The lowest BCUT2D eigenvalue weighted by Crippen LogP contribution is -2.48. The summed E-state index contributed by atoms with van der Waals surface area (Å²) in [6.07, 6.45) is 4.44. The third-order valence-corrected chi connectivity index (χ3v) is 5.19. The van der Waals surface area contributed by atoms with Gasteiger partial charge >= 0.3 is 6.03 Å². The second-order valence-corrected chi connectivity index (χ2v) is 7.47. The van der Waals surface area contributed by atoms with Crippen molar-refractivity contribution < 1.29 is 4.79 Å². The number of hydrogen-bond donors (Lipinski definition) is 3. The molecule has 1 aliphatic carbocycles. The number of urea groups is 1. The summed E-state index contributed by atoms with van der Waals surface area (Å²) >= 11 is 0. The van der Waals surface area contributed by atoms with Crippen molar-refractivity contribution in [2.45, 2.75) is 50.9 Å². The van der Waals surface area contributed by atoms with Crippen molar-refractivity contribution in [3.8, 4) is 0 Å². The number of amides is 2. The van der Waals surface area contributed by atoms with Gasteiger partial charge in [0.25, 0.3) is 0 Å². The molecule has 1 saturated heterocycles. The normalized spacial score (nSPS) is 23.9. The maximum Gasteiger partial charge on any atom is 0.318 e. The van der Waals surface area contributed by atoms with Crippen LogP contribution in [0, 0.1) is 0 Å². The number of aliphatic imine (C=N–C) groups is 1. The number of nitrogens with zero attached hydrogens (tertiary/aromatic N) is 2. The second-order valence-electron chi connectivity index (χ2n) is 7.47. The molecule has 1 unspecified atom stereocenters. The van der Waals surface area contributed by atoms with Crippen LogP contribution >= 0.6 is 0 Å². The first-order chi connectivity index (χ1) is 12.0. The van der Waals surface area contributed by atoms with E-state index in [9.17, 15) is 4.79 Å². The van der Waals surface area contributed by atoms with Crippen LogP contribution in [0.25, 0.3) is 0 Å². The summed E-state index contributed by atoms with van der Waals surface area (Å²) in [5.74, 6) is 0.832. The zero-order valence-corrected chi connectivity index (χ0v) is 14.7. The summed E-state index contributed by atoms with van der Waals surface area (Å²) in [6.45, 7) is 5.30. The molecule has 0 aromatic heterocycles. The molecule has 2 aliphatic heterocycles. The van der Waals surface area contributed by atoms with Crippen molar-refractivity contribution >= 4 is 12.0 Å². The molecule has 0 spiro atoms. The molecule has 3 aliphatic rings. The third kappa shape index (κ3) is 3.21. The fourth-order valence-corrected chi connectivity index (χ4v) is 3.49. The maximum absolute atomic E-state index is 12.8. The van der Waals surface area contributed by atoms with Gasteiger partial charge < -0.3 is 20.9 Å². The molecule has 2 amide bonds. The molecular formula is C19H25N5O. The van der Waals surface area contributed by atoms with Crippen LogP contribution in [0.5, 0.6) is 0 Å². The van der Waals surface area contributed by atoms with Gasteiger partial charge in [-0.15, -0.1) is 0 Å². The molecular weight excluding hydrogens is 314 g/mol. The number of rotatable bonds is 3. The summed E-state index contributed by atoms with van der Waals surface area (Å²) in [6, 6.07) is 10.5. The second kappa shape index (κ2) is 6.10. The van der Waals surface area contributed by atoms with Crippen LogP contribution in [-0.4, -0.2) is 41.1 Å². The fourth-order valence-electron chi connectivity index (χ4n) is 3.49. The highest BCUT2D eigenvalue weighted by Crippen LogP contribution is 2.36. The predicted octanol–water partition coefficient (Wildman–Crippen LogP) is 1.95. The van der Waals surface area contributed by atoms with Gasteiger partial charge in [-0.3, -0.25) is 0 Å². The fraction of sp³-hybridized carbons (Fsp3) is 0.474. The summed E-state index contributed by atoms with van der Waals surface area (Å²) in [7, 11) is 0. The minimum absolute atomic E-state index is 0.0278. The van der Waals surface area contributed by atoms with Gasteiger partial charge in [-0.25, -0.2) is 9.79 Å². The van der Waals surface area contributed by atoms with Crippen molar-refractivity contribution in [1.82, 2.24) is 20.9 Å². The van der Waals surface area contributed by atoms with Gasteiger partial charge in [0.1, 0.15) is 0 Å². The standard InChI is InChI=1S/C19H25N5O/c1-19(2)15-11-20-17(22-14-8-9-14)23-16(15)12-24(19)18(25)21-10-13-6-4-3-5-7-13/h3-7,11,14,16H,8-10,12H2,1-2H3,(H,21,25)(H2,20,22,23). The molecule has 132 valence electrons. The zero-order chi connectivity index (χ0) is 17.4. The number of carbonyl (C=O) groups excluding carboxylic acids is 1. The highest BCUT2D eigenvalue weighted by atomic mass is 16.2. The predicted molar refractivity (Wildman–Crippen MR) is 98.1 cm³/mol. The number of guanidine groups is 1. The first-order valence-electron chi connectivity index (χ1n) is 8.95. The average Bonchev–Trinajstić information content (AvgIpc) is 3.37. The Morgan fingerprint density at radius 2 is 2.08 bits per heavy atom. The lowest BCUT2D eigenvalue weighted by molar-refractivity contribution is 0.173. The molecule has 1 saturated carbocycles.